The minimum atomic E-state index is -4.65. The van der Waals surface area contributed by atoms with Gasteiger partial charge in [-0.3, -0.25) is 19.8 Å². The third-order valence-corrected chi connectivity index (χ3v) is 6.33. The van der Waals surface area contributed by atoms with Gasteiger partial charge in [0.15, 0.2) is 0 Å². The van der Waals surface area contributed by atoms with Gasteiger partial charge >= 0.3 is 6.18 Å². The Morgan fingerprint density at radius 3 is 2.36 bits per heavy atom. The molecule has 2 saturated heterocycles. The predicted octanol–water partition coefficient (Wildman–Crippen LogP) is 3.77. The van der Waals surface area contributed by atoms with Gasteiger partial charge in [-0.1, -0.05) is 0 Å². The molecule has 0 unspecified atom stereocenters. The Morgan fingerprint density at radius 1 is 1.09 bits per heavy atom. The Morgan fingerprint density at radius 2 is 1.79 bits per heavy atom. The molecule has 33 heavy (non-hydrogen) atoms. The van der Waals surface area contributed by atoms with Crippen molar-refractivity contribution in [1.82, 2.24) is 9.80 Å². The van der Waals surface area contributed by atoms with E-state index >= 15 is 0 Å². The van der Waals surface area contributed by atoms with Crippen LogP contribution < -0.4 is 4.90 Å². The Labute approximate surface area is 188 Å². The standard InChI is InChI=1S/C22H25F3N4O4/c23-22(24,25)17-3-4-19(20(14-17)29(31)32)27-7-5-16(6-8-27)21(30)28-11-9-26(10-12-28)15-18-2-1-13-33-18/h1-4,13-14,16H,5-12,15H2. The van der Waals surface area contributed by atoms with Crippen LogP contribution in [0.25, 0.3) is 0 Å². The van der Waals surface area contributed by atoms with E-state index in [1.807, 2.05) is 17.0 Å². The van der Waals surface area contributed by atoms with Gasteiger partial charge in [0.05, 0.1) is 23.3 Å². The molecule has 0 saturated carbocycles. The quantitative estimate of drug-likeness (QED) is 0.493. The molecule has 3 heterocycles. The fourth-order valence-corrected chi connectivity index (χ4v) is 4.49. The molecule has 0 atom stereocenters. The first-order valence-corrected chi connectivity index (χ1v) is 10.9. The molecule has 4 rings (SSSR count). The van der Waals surface area contributed by atoms with E-state index in [-0.39, 0.29) is 17.5 Å². The van der Waals surface area contributed by atoms with E-state index in [1.54, 1.807) is 11.2 Å². The van der Waals surface area contributed by atoms with E-state index in [4.69, 9.17) is 4.42 Å². The number of nitrogens with zero attached hydrogens (tertiary/aromatic N) is 4. The number of carbonyl (C=O) groups is 1. The van der Waals surface area contributed by atoms with Crippen molar-refractivity contribution < 1.29 is 27.3 Å². The number of alkyl halides is 3. The Kier molecular flexibility index (Phi) is 6.59. The molecule has 2 fully saturated rings. The zero-order valence-corrected chi connectivity index (χ0v) is 18.0. The number of rotatable bonds is 5. The average Bonchev–Trinajstić information content (AvgIpc) is 3.31. The molecule has 8 nitrogen and oxygen atoms in total. The van der Waals surface area contributed by atoms with E-state index < -0.39 is 22.4 Å². The van der Waals surface area contributed by atoms with Gasteiger partial charge in [-0.25, -0.2) is 0 Å². The highest BCUT2D eigenvalue weighted by atomic mass is 19.4. The zero-order valence-electron chi connectivity index (χ0n) is 18.0. The monoisotopic (exact) mass is 466 g/mol. The number of anilines is 1. The number of amides is 1. The van der Waals surface area contributed by atoms with Crippen LogP contribution in [0, 0.1) is 16.0 Å². The first-order chi connectivity index (χ1) is 15.7. The second-order valence-electron chi connectivity index (χ2n) is 8.40. The maximum absolute atomic E-state index is 13.0. The van der Waals surface area contributed by atoms with Crippen LogP contribution in [0.2, 0.25) is 0 Å². The van der Waals surface area contributed by atoms with Crippen LogP contribution in [0.1, 0.15) is 24.2 Å². The molecule has 2 aliphatic heterocycles. The topological polar surface area (TPSA) is 83.1 Å². The number of furan rings is 1. The van der Waals surface area contributed by atoms with Crippen molar-refractivity contribution >= 4 is 17.3 Å². The first-order valence-electron chi connectivity index (χ1n) is 10.9. The van der Waals surface area contributed by atoms with Crippen molar-refractivity contribution in [1.29, 1.82) is 0 Å². The van der Waals surface area contributed by atoms with Crippen molar-refractivity contribution in [3.05, 3.63) is 58.0 Å². The van der Waals surface area contributed by atoms with E-state index in [0.717, 1.165) is 31.0 Å². The van der Waals surface area contributed by atoms with E-state index in [2.05, 4.69) is 4.90 Å². The summed E-state index contributed by atoms with van der Waals surface area (Å²) in [6, 6.07) is 6.37. The van der Waals surface area contributed by atoms with Gasteiger partial charge in [-0.05, 0) is 37.1 Å². The Hall–Kier alpha value is -3.08. The summed E-state index contributed by atoms with van der Waals surface area (Å²) < 4.78 is 44.2. The summed E-state index contributed by atoms with van der Waals surface area (Å²) in [6.45, 7) is 4.22. The molecule has 0 spiro atoms. The van der Waals surface area contributed by atoms with E-state index in [9.17, 15) is 28.1 Å². The van der Waals surface area contributed by atoms with Crippen molar-refractivity contribution in [2.24, 2.45) is 5.92 Å². The number of hydrogen-bond acceptors (Lipinski definition) is 6. The molecule has 2 aromatic rings. The molecule has 1 amide bonds. The number of carbonyl (C=O) groups excluding carboxylic acids is 1. The number of piperidine rings is 1. The molecular formula is C22H25F3N4O4. The number of halogens is 3. The smallest absolute Gasteiger partial charge is 0.416 e. The largest absolute Gasteiger partial charge is 0.468 e. The first kappa shape index (κ1) is 23.1. The molecule has 1 aromatic heterocycles. The summed E-state index contributed by atoms with van der Waals surface area (Å²) in [4.78, 5) is 29.4. The van der Waals surface area contributed by atoms with Gasteiger partial charge in [-0.2, -0.15) is 13.2 Å². The maximum Gasteiger partial charge on any atom is 0.416 e. The Balaban J connectivity index is 1.32. The van der Waals surface area contributed by atoms with E-state index in [1.165, 1.54) is 0 Å². The molecule has 178 valence electrons. The third-order valence-electron chi connectivity index (χ3n) is 6.33. The summed E-state index contributed by atoms with van der Waals surface area (Å²) in [5.41, 5.74) is -1.46. The van der Waals surface area contributed by atoms with Crippen LogP contribution in [0.15, 0.2) is 41.0 Å². The fourth-order valence-electron chi connectivity index (χ4n) is 4.49. The molecule has 0 N–H and O–H groups in total. The highest BCUT2D eigenvalue weighted by Crippen LogP contribution is 2.37. The summed E-state index contributed by atoms with van der Waals surface area (Å²) in [7, 11) is 0. The SMILES string of the molecule is O=C(C1CCN(c2ccc(C(F)(F)F)cc2[N+](=O)[O-])CC1)N1CCN(Cc2ccco2)CC1. The lowest BCUT2D eigenvalue weighted by atomic mass is 9.94. The Bertz CT molecular complexity index is 980. The molecule has 0 aliphatic carbocycles. The van der Waals surface area contributed by atoms with Crippen LogP contribution in [0.3, 0.4) is 0 Å². The highest BCUT2D eigenvalue weighted by molar-refractivity contribution is 5.79. The van der Waals surface area contributed by atoms with Crippen LogP contribution in [0.5, 0.6) is 0 Å². The van der Waals surface area contributed by atoms with Gasteiger partial charge in [0.1, 0.15) is 11.4 Å². The third kappa shape index (κ3) is 5.29. The number of hydrogen-bond donors (Lipinski definition) is 0. The van der Waals surface area contributed by atoms with Crippen LogP contribution in [-0.2, 0) is 17.5 Å². The van der Waals surface area contributed by atoms with Gasteiger partial charge in [0.2, 0.25) is 5.91 Å². The van der Waals surface area contributed by atoms with Crippen molar-refractivity contribution in [2.45, 2.75) is 25.6 Å². The summed E-state index contributed by atoms with van der Waals surface area (Å²) >= 11 is 0. The lowest BCUT2D eigenvalue weighted by molar-refractivity contribution is -0.384. The average molecular weight is 466 g/mol. The number of nitro benzene ring substituents is 1. The fraction of sp³-hybridized carbons (Fsp3) is 0.500. The maximum atomic E-state index is 13.0. The van der Waals surface area contributed by atoms with Gasteiger partial charge in [-0.15, -0.1) is 0 Å². The minimum absolute atomic E-state index is 0.0780. The van der Waals surface area contributed by atoms with Crippen molar-refractivity contribution in [3.63, 3.8) is 0 Å². The predicted molar refractivity (Wildman–Crippen MR) is 114 cm³/mol. The van der Waals surface area contributed by atoms with E-state index in [0.29, 0.717) is 51.6 Å². The minimum Gasteiger partial charge on any atom is -0.468 e. The lowest BCUT2D eigenvalue weighted by Crippen LogP contribution is -2.51. The molecule has 2 aliphatic rings. The van der Waals surface area contributed by atoms with Crippen LogP contribution >= 0.6 is 0 Å². The summed E-state index contributed by atoms with van der Waals surface area (Å²) in [5, 5.41) is 11.4. The van der Waals surface area contributed by atoms with Gasteiger partial charge in [0, 0.05) is 51.3 Å². The lowest BCUT2D eigenvalue weighted by Gasteiger charge is -2.38. The van der Waals surface area contributed by atoms with Crippen LogP contribution in [0.4, 0.5) is 24.5 Å². The normalized spacial score (nSPS) is 18.5. The molecule has 1 aromatic carbocycles. The van der Waals surface area contributed by atoms with Gasteiger partial charge < -0.3 is 14.2 Å². The highest BCUT2D eigenvalue weighted by Gasteiger charge is 2.35. The second kappa shape index (κ2) is 9.42. The number of piperazine rings is 1. The molecule has 0 radical (unpaired) electrons. The van der Waals surface area contributed by atoms with Gasteiger partial charge in [0.25, 0.3) is 5.69 Å². The van der Waals surface area contributed by atoms with Crippen LogP contribution in [-0.4, -0.2) is 59.9 Å². The van der Waals surface area contributed by atoms with Crippen molar-refractivity contribution in [2.75, 3.05) is 44.2 Å². The molecule has 0 bridgehead atoms. The zero-order chi connectivity index (χ0) is 23.6. The number of nitro groups is 1. The molecular weight excluding hydrogens is 441 g/mol. The summed E-state index contributed by atoms with van der Waals surface area (Å²) in [5.74, 6) is 0.778. The summed E-state index contributed by atoms with van der Waals surface area (Å²) in [6.07, 6.45) is -2.00. The number of benzene rings is 1. The van der Waals surface area contributed by atoms with Crippen molar-refractivity contribution in [3.8, 4) is 0 Å². The second-order valence-corrected chi connectivity index (χ2v) is 8.40. The molecule has 11 heteroatoms.